The lowest BCUT2D eigenvalue weighted by Gasteiger charge is -2.30. The average molecular weight is 364 g/mol. The van der Waals surface area contributed by atoms with E-state index in [9.17, 15) is 24.3 Å². The molecular weight excluding hydrogens is 348 g/mol. The van der Waals surface area contributed by atoms with Crippen LogP contribution in [0.1, 0.15) is 12.8 Å². The molecule has 1 aromatic rings. The second-order valence-electron chi connectivity index (χ2n) is 5.71. The van der Waals surface area contributed by atoms with E-state index in [4.69, 9.17) is 14.3 Å². The highest BCUT2D eigenvalue weighted by Gasteiger charge is 2.59. The number of benzene rings is 1. The van der Waals surface area contributed by atoms with Crippen LogP contribution in [0.2, 0.25) is 0 Å². The first-order valence-corrected chi connectivity index (χ1v) is 7.82. The summed E-state index contributed by atoms with van der Waals surface area (Å²) in [4.78, 5) is 52.3. The van der Waals surface area contributed by atoms with Gasteiger partial charge in [-0.1, -0.05) is 18.2 Å². The van der Waals surface area contributed by atoms with Gasteiger partial charge < -0.3 is 19.9 Å². The fraction of sp³-hybridized carbons (Fsp3) is 0.375. The summed E-state index contributed by atoms with van der Waals surface area (Å²) >= 11 is 0. The second-order valence-corrected chi connectivity index (χ2v) is 5.71. The number of nitrogens with one attached hydrogen (secondary N) is 1. The first-order chi connectivity index (χ1) is 12.4. The van der Waals surface area contributed by atoms with E-state index in [2.05, 4.69) is 5.32 Å². The molecule has 2 N–H and O–H groups in total. The van der Waals surface area contributed by atoms with Gasteiger partial charge in [0.1, 0.15) is 18.4 Å². The third kappa shape index (κ3) is 3.31. The number of carboxylic acid groups (broad SMARTS) is 1. The van der Waals surface area contributed by atoms with Crippen molar-refractivity contribution in [2.24, 2.45) is 0 Å². The first kappa shape index (κ1) is 17.7. The van der Waals surface area contributed by atoms with Crippen molar-refractivity contribution in [2.45, 2.75) is 24.6 Å². The third-order valence-corrected chi connectivity index (χ3v) is 3.93. The topological polar surface area (TPSA) is 131 Å². The summed E-state index contributed by atoms with van der Waals surface area (Å²) in [6, 6.07) is 7.52. The summed E-state index contributed by atoms with van der Waals surface area (Å²) in [7, 11) is 0. The second kappa shape index (κ2) is 7.00. The molecule has 1 aromatic carbocycles. The van der Waals surface area contributed by atoms with Gasteiger partial charge in [0.05, 0.1) is 6.42 Å². The molecule has 10 heteroatoms. The number of carbonyl (C=O) groups excluding carboxylic acids is 3. The summed E-state index contributed by atoms with van der Waals surface area (Å²) in [5.41, 5.74) is -2.20. The number of hydroxylamine groups is 2. The molecule has 2 unspecified atom stereocenters. The maximum Gasteiger partial charge on any atom is 0.372 e. The van der Waals surface area contributed by atoms with Crippen LogP contribution in [0.25, 0.3) is 0 Å². The Morgan fingerprint density at radius 1 is 1.31 bits per heavy atom. The Morgan fingerprint density at radius 3 is 2.65 bits per heavy atom. The van der Waals surface area contributed by atoms with Crippen molar-refractivity contribution in [1.29, 1.82) is 0 Å². The minimum Gasteiger partial charge on any atom is -0.484 e. The molecule has 2 aliphatic heterocycles. The van der Waals surface area contributed by atoms with E-state index in [1.165, 1.54) is 0 Å². The van der Waals surface area contributed by atoms with Crippen LogP contribution in [0, 0.1) is 0 Å². The minimum atomic E-state index is -2.20. The molecule has 0 aromatic heterocycles. The maximum atomic E-state index is 12.4. The van der Waals surface area contributed by atoms with Crippen LogP contribution in [0.5, 0.6) is 5.75 Å². The Labute approximate surface area is 147 Å². The van der Waals surface area contributed by atoms with Gasteiger partial charge in [0.25, 0.3) is 11.8 Å². The van der Waals surface area contributed by atoms with Crippen molar-refractivity contribution in [2.75, 3.05) is 13.2 Å². The third-order valence-electron chi connectivity index (χ3n) is 3.93. The van der Waals surface area contributed by atoms with Crippen molar-refractivity contribution < 1.29 is 38.6 Å². The standard InChI is InChI=1S/C16H16N2O8/c19-12(9-24-10-4-2-1-3-5-10)17-11-8-25-18(14(11)21)16(15(22)23)7-6-13(20)26-16/h1-5,11H,6-9H2,(H,17,19)(H,22,23). The number of ether oxygens (including phenoxy) is 2. The Hall–Kier alpha value is -3.14. The molecule has 0 spiro atoms. The molecule has 0 radical (unpaired) electrons. The molecule has 26 heavy (non-hydrogen) atoms. The number of hydrogen-bond donors (Lipinski definition) is 2. The van der Waals surface area contributed by atoms with Crippen LogP contribution in [0.15, 0.2) is 30.3 Å². The van der Waals surface area contributed by atoms with Gasteiger partial charge in [0.2, 0.25) is 0 Å². The van der Waals surface area contributed by atoms with E-state index in [1.807, 2.05) is 0 Å². The first-order valence-electron chi connectivity index (χ1n) is 7.82. The van der Waals surface area contributed by atoms with Crippen LogP contribution < -0.4 is 10.1 Å². The quantitative estimate of drug-likeness (QED) is 0.642. The van der Waals surface area contributed by atoms with Crippen molar-refractivity contribution in [3.05, 3.63) is 30.3 Å². The zero-order chi connectivity index (χ0) is 18.7. The Kier molecular flexibility index (Phi) is 4.76. The highest BCUT2D eigenvalue weighted by Crippen LogP contribution is 2.33. The van der Waals surface area contributed by atoms with E-state index >= 15 is 0 Å². The van der Waals surface area contributed by atoms with Crippen LogP contribution in [-0.2, 0) is 28.8 Å². The number of esters is 1. The van der Waals surface area contributed by atoms with Gasteiger partial charge >= 0.3 is 17.7 Å². The number of carboxylic acids is 1. The molecule has 138 valence electrons. The molecule has 2 aliphatic rings. The van der Waals surface area contributed by atoms with Crippen molar-refractivity contribution in [1.82, 2.24) is 10.4 Å². The summed E-state index contributed by atoms with van der Waals surface area (Å²) in [6.07, 6.45) is -0.383. The predicted molar refractivity (Wildman–Crippen MR) is 82.4 cm³/mol. The number of rotatable bonds is 6. The Morgan fingerprint density at radius 2 is 2.04 bits per heavy atom. The molecular formula is C16H16N2O8. The number of aliphatic carboxylic acids is 1. The van der Waals surface area contributed by atoms with Crippen LogP contribution in [0.4, 0.5) is 0 Å². The molecule has 3 rings (SSSR count). The molecule has 2 amide bonds. The number of cyclic esters (lactones) is 1. The zero-order valence-electron chi connectivity index (χ0n) is 13.5. The number of hydrogen-bond acceptors (Lipinski definition) is 7. The summed E-state index contributed by atoms with van der Waals surface area (Å²) < 4.78 is 10.1. The van der Waals surface area contributed by atoms with Crippen molar-refractivity contribution in [3.63, 3.8) is 0 Å². The monoisotopic (exact) mass is 364 g/mol. The maximum absolute atomic E-state index is 12.4. The van der Waals surface area contributed by atoms with E-state index in [-0.39, 0.29) is 26.1 Å². The molecule has 10 nitrogen and oxygen atoms in total. The smallest absolute Gasteiger partial charge is 0.372 e. The van der Waals surface area contributed by atoms with E-state index in [0.29, 0.717) is 10.8 Å². The molecule has 2 fully saturated rings. The van der Waals surface area contributed by atoms with Gasteiger partial charge in [0, 0.05) is 6.42 Å². The number of carbonyl (C=O) groups is 4. The largest absolute Gasteiger partial charge is 0.484 e. The van der Waals surface area contributed by atoms with Gasteiger partial charge in [-0.25, -0.2) is 4.79 Å². The fourth-order valence-corrected chi connectivity index (χ4v) is 2.66. The van der Waals surface area contributed by atoms with Crippen LogP contribution in [-0.4, -0.2) is 58.9 Å². The normalized spacial score (nSPS) is 25.1. The van der Waals surface area contributed by atoms with E-state index < -0.39 is 35.5 Å². The summed E-state index contributed by atoms with van der Waals surface area (Å²) in [5, 5.41) is 12.3. The SMILES string of the molecule is O=C(COc1ccccc1)NC1CON(C2(C(=O)O)CCC(=O)O2)C1=O. The van der Waals surface area contributed by atoms with Crippen molar-refractivity contribution in [3.8, 4) is 5.75 Å². The van der Waals surface area contributed by atoms with Gasteiger partial charge in [-0.3, -0.25) is 19.2 Å². The summed E-state index contributed by atoms with van der Waals surface area (Å²) in [6.45, 7) is -0.602. The van der Waals surface area contributed by atoms with Gasteiger partial charge in [-0.15, -0.1) is 0 Å². The van der Waals surface area contributed by atoms with E-state index in [1.54, 1.807) is 30.3 Å². The number of amides is 2. The van der Waals surface area contributed by atoms with Gasteiger partial charge in [0.15, 0.2) is 6.61 Å². The molecule has 2 heterocycles. The van der Waals surface area contributed by atoms with Gasteiger partial charge in [-0.05, 0) is 12.1 Å². The van der Waals surface area contributed by atoms with Gasteiger partial charge in [-0.2, -0.15) is 5.06 Å². The summed E-state index contributed by atoms with van der Waals surface area (Å²) in [5.74, 6) is -3.16. The Balaban J connectivity index is 1.59. The minimum absolute atomic E-state index is 0.151. The average Bonchev–Trinajstić information content (AvgIpc) is 3.18. The molecule has 2 atom stereocenters. The number of para-hydroxylation sites is 1. The highest BCUT2D eigenvalue weighted by atomic mass is 16.7. The lowest BCUT2D eigenvalue weighted by atomic mass is 10.1. The molecule has 0 aliphatic carbocycles. The molecule has 0 bridgehead atoms. The molecule has 2 saturated heterocycles. The zero-order valence-corrected chi connectivity index (χ0v) is 13.5. The molecule has 0 saturated carbocycles. The highest BCUT2D eigenvalue weighted by molar-refractivity contribution is 5.94. The van der Waals surface area contributed by atoms with Crippen LogP contribution in [0.3, 0.4) is 0 Å². The van der Waals surface area contributed by atoms with Crippen molar-refractivity contribution >= 4 is 23.8 Å². The fourth-order valence-electron chi connectivity index (χ4n) is 2.66. The van der Waals surface area contributed by atoms with Crippen LogP contribution >= 0.6 is 0 Å². The lowest BCUT2D eigenvalue weighted by Crippen LogP contribution is -2.56. The lowest BCUT2D eigenvalue weighted by molar-refractivity contribution is -0.256. The number of nitrogens with zero attached hydrogens (tertiary/aromatic N) is 1. The predicted octanol–water partition coefficient (Wildman–Crippen LogP) is -0.558. The Bertz CT molecular complexity index is 737. The van der Waals surface area contributed by atoms with E-state index in [0.717, 1.165) is 0 Å².